The summed E-state index contributed by atoms with van der Waals surface area (Å²) in [6, 6.07) is 8.28. The summed E-state index contributed by atoms with van der Waals surface area (Å²) < 4.78 is 47.2. The van der Waals surface area contributed by atoms with E-state index in [-0.39, 0.29) is 31.0 Å². The predicted octanol–water partition coefficient (Wildman–Crippen LogP) is 1.81. The summed E-state index contributed by atoms with van der Waals surface area (Å²) in [5.74, 6) is -3.93. The fourth-order valence-corrected chi connectivity index (χ4v) is 5.52. The van der Waals surface area contributed by atoms with Crippen LogP contribution in [0.15, 0.2) is 42.5 Å². The number of ether oxygens (including phenoxy) is 1. The molecule has 2 aliphatic rings. The van der Waals surface area contributed by atoms with Gasteiger partial charge in [-0.1, -0.05) is 6.07 Å². The van der Waals surface area contributed by atoms with E-state index in [1.54, 1.807) is 29.2 Å². The van der Waals surface area contributed by atoms with Crippen LogP contribution in [-0.2, 0) is 11.3 Å². The molecule has 1 aromatic heterocycles. The van der Waals surface area contributed by atoms with Crippen LogP contribution in [0.3, 0.4) is 0 Å². The molecule has 0 radical (unpaired) electrons. The van der Waals surface area contributed by atoms with Gasteiger partial charge in [0.05, 0.1) is 31.8 Å². The summed E-state index contributed by atoms with van der Waals surface area (Å²) in [6.07, 6.45) is 4.66. The van der Waals surface area contributed by atoms with E-state index < -0.39 is 42.8 Å². The van der Waals surface area contributed by atoms with Crippen LogP contribution in [0.1, 0.15) is 34.5 Å². The molecule has 5 rings (SSSR count). The van der Waals surface area contributed by atoms with Gasteiger partial charge in [-0.3, -0.25) is 25.0 Å². The summed E-state index contributed by atoms with van der Waals surface area (Å²) in [4.78, 5) is 29.4. The number of H-pyrrole nitrogens is 1. The van der Waals surface area contributed by atoms with Gasteiger partial charge in [0.15, 0.2) is 6.21 Å². The highest BCUT2D eigenvalue weighted by molar-refractivity contribution is 6.16. The van der Waals surface area contributed by atoms with Crippen LogP contribution < -0.4 is 15.5 Å². The SMILES string of the molecule is COc1cccc(F)c1CN1C[C@H](NC(=O)c2ccc3[nH]nc(/C(C=N)=C/C=[NH2+])c3c2)CC[C@H]1C(=O)N1CC(F)(F)C1. The molecule has 0 aliphatic carbocycles. The number of likely N-dealkylation sites (tertiary alicyclic amines) is 2. The summed E-state index contributed by atoms with van der Waals surface area (Å²) in [5, 5.41) is 23.9. The van der Waals surface area contributed by atoms with E-state index in [0.717, 1.165) is 11.1 Å². The molecule has 13 heteroatoms. The molecule has 3 aromatic rings. The van der Waals surface area contributed by atoms with Crippen LogP contribution in [-0.4, -0.2) is 89.0 Å². The fourth-order valence-electron chi connectivity index (χ4n) is 5.52. The minimum absolute atomic E-state index is 0.00983. The second kappa shape index (κ2) is 11.8. The lowest BCUT2D eigenvalue weighted by Gasteiger charge is -2.45. The van der Waals surface area contributed by atoms with Crippen LogP contribution in [0.25, 0.3) is 16.5 Å². The van der Waals surface area contributed by atoms with Crippen LogP contribution in [0.4, 0.5) is 13.2 Å². The number of nitrogens with zero attached hydrogens (tertiary/aromatic N) is 3. The minimum atomic E-state index is -2.91. The van der Waals surface area contributed by atoms with Crippen molar-refractivity contribution in [2.75, 3.05) is 26.7 Å². The first-order valence-electron chi connectivity index (χ1n) is 13.4. The number of hydrogen-bond acceptors (Lipinski definition) is 6. The van der Waals surface area contributed by atoms with Gasteiger partial charge in [-0.05, 0) is 43.2 Å². The molecule has 0 bridgehead atoms. The summed E-state index contributed by atoms with van der Waals surface area (Å²) in [6.45, 7) is -1.10. The molecular formula is C29H31F3N7O3+. The highest BCUT2D eigenvalue weighted by Gasteiger charge is 2.49. The molecule has 2 saturated heterocycles. The first-order valence-corrected chi connectivity index (χ1v) is 13.4. The number of amides is 2. The number of fused-ring (bicyclic) bond motifs is 1. The van der Waals surface area contributed by atoms with Gasteiger partial charge in [-0.2, -0.15) is 5.10 Å². The van der Waals surface area contributed by atoms with Crippen LogP contribution in [0.2, 0.25) is 0 Å². The maximum Gasteiger partial charge on any atom is 0.282 e. The molecule has 2 atom stereocenters. The molecule has 2 fully saturated rings. The molecular weight excluding hydrogens is 551 g/mol. The molecule has 2 aromatic carbocycles. The van der Waals surface area contributed by atoms with Gasteiger partial charge in [-0.15, -0.1) is 0 Å². The molecule has 0 unspecified atom stereocenters. The number of benzene rings is 2. The maximum absolute atomic E-state index is 14.8. The lowest BCUT2D eigenvalue weighted by atomic mass is 9.94. The Morgan fingerprint density at radius 2 is 2.05 bits per heavy atom. The standard InChI is InChI=1S/C29H30F3N7O3/c1-42-25-4-2-3-22(30)21(25)14-38-13-19(6-8-24(38)28(41)39-15-29(31,32)16-39)35-27(40)17-5-7-23-20(11-17)26(37-36-23)18(12-34)9-10-33/h2-5,7,9-12,19,24,33-34H,6,8,13-16H2,1H3,(H,35,40)(H,36,37)/p+1/b18-9+,33-10?,34-12?/t19-,24+/m1/s1. The van der Waals surface area contributed by atoms with Crippen molar-refractivity contribution in [3.05, 3.63) is 65.1 Å². The topological polar surface area (TPSA) is 140 Å². The predicted molar refractivity (Wildman–Crippen MR) is 150 cm³/mol. The van der Waals surface area contributed by atoms with Crippen molar-refractivity contribution in [1.29, 1.82) is 5.41 Å². The third-order valence-corrected chi connectivity index (χ3v) is 7.65. The number of aromatic nitrogens is 2. The van der Waals surface area contributed by atoms with Crippen LogP contribution in [0, 0.1) is 11.2 Å². The zero-order chi connectivity index (χ0) is 30.0. The monoisotopic (exact) mass is 582 g/mol. The third kappa shape index (κ3) is 5.77. The van der Waals surface area contributed by atoms with Crippen molar-refractivity contribution in [2.24, 2.45) is 0 Å². The lowest BCUT2D eigenvalue weighted by Crippen LogP contribution is -2.64. The highest BCUT2D eigenvalue weighted by atomic mass is 19.3. The van der Waals surface area contributed by atoms with E-state index in [0.29, 0.717) is 39.9 Å². The van der Waals surface area contributed by atoms with Gasteiger partial charge < -0.3 is 20.4 Å². The van der Waals surface area contributed by atoms with E-state index >= 15 is 0 Å². The molecule has 0 spiro atoms. The summed E-state index contributed by atoms with van der Waals surface area (Å²) >= 11 is 0. The van der Waals surface area contributed by atoms with E-state index in [1.807, 2.05) is 0 Å². The highest BCUT2D eigenvalue weighted by Crippen LogP contribution is 2.32. The smallest absolute Gasteiger partial charge is 0.282 e. The van der Waals surface area contributed by atoms with E-state index in [1.165, 1.54) is 31.5 Å². The number of rotatable bonds is 9. The number of nitrogens with two attached hydrogens (primary N) is 1. The first-order chi connectivity index (χ1) is 20.1. The third-order valence-electron chi connectivity index (χ3n) is 7.65. The molecule has 220 valence electrons. The molecule has 3 heterocycles. The summed E-state index contributed by atoms with van der Waals surface area (Å²) in [5.41, 5.74) is 2.20. The normalized spacial score (nSPS) is 20.6. The van der Waals surface area contributed by atoms with Crippen LogP contribution in [0.5, 0.6) is 5.75 Å². The zero-order valence-electron chi connectivity index (χ0n) is 22.9. The Labute approximate surface area is 239 Å². The molecule has 0 saturated carbocycles. The molecule has 2 aliphatic heterocycles. The average molecular weight is 583 g/mol. The molecule has 5 N–H and O–H groups in total. The second-order valence-electron chi connectivity index (χ2n) is 10.5. The van der Waals surface area contributed by atoms with Crippen molar-refractivity contribution in [3.63, 3.8) is 0 Å². The number of methoxy groups -OCH3 is 1. The van der Waals surface area contributed by atoms with Gasteiger partial charge in [0.2, 0.25) is 5.91 Å². The van der Waals surface area contributed by atoms with Gasteiger partial charge in [0.25, 0.3) is 11.8 Å². The number of aromatic amines is 1. The van der Waals surface area contributed by atoms with Crippen molar-refractivity contribution in [1.82, 2.24) is 25.3 Å². The van der Waals surface area contributed by atoms with Gasteiger partial charge in [0, 0.05) is 53.5 Å². The maximum atomic E-state index is 14.8. The van der Waals surface area contributed by atoms with E-state index in [4.69, 9.17) is 15.6 Å². The number of carbonyl (C=O) groups excluding carboxylic acids is 2. The second-order valence-corrected chi connectivity index (χ2v) is 10.5. The largest absolute Gasteiger partial charge is 0.496 e. The number of allylic oxidation sites excluding steroid dienone is 2. The van der Waals surface area contributed by atoms with E-state index in [2.05, 4.69) is 15.5 Å². The fraction of sp³-hybridized carbons (Fsp3) is 0.345. The lowest BCUT2D eigenvalue weighted by molar-refractivity contribution is -0.172. The zero-order valence-corrected chi connectivity index (χ0v) is 22.9. The number of alkyl halides is 2. The Balaban J connectivity index is 1.36. The quantitative estimate of drug-likeness (QED) is 0.285. The van der Waals surface area contributed by atoms with Gasteiger partial charge in [-0.25, -0.2) is 13.2 Å². The minimum Gasteiger partial charge on any atom is -0.496 e. The number of halogens is 3. The van der Waals surface area contributed by atoms with Crippen molar-refractivity contribution in [2.45, 2.75) is 37.4 Å². The number of carbonyl (C=O) groups is 2. The number of hydrogen-bond donors (Lipinski definition) is 4. The van der Waals surface area contributed by atoms with Crippen molar-refractivity contribution < 1.29 is 32.9 Å². The van der Waals surface area contributed by atoms with Crippen molar-refractivity contribution in [3.8, 4) is 5.75 Å². The Morgan fingerprint density at radius 3 is 2.74 bits per heavy atom. The number of nitrogens with one attached hydrogen (secondary N) is 3. The Kier molecular flexibility index (Phi) is 8.12. The molecule has 10 nitrogen and oxygen atoms in total. The van der Waals surface area contributed by atoms with Crippen LogP contribution >= 0.6 is 0 Å². The average Bonchev–Trinajstić information content (AvgIpc) is 3.38. The van der Waals surface area contributed by atoms with Crippen molar-refractivity contribution >= 4 is 40.7 Å². The first kappa shape index (κ1) is 29.0. The number of piperidine rings is 1. The summed E-state index contributed by atoms with van der Waals surface area (Å²) in [7, 11) is 1.42. The Morgan fingerprint density at radius 1 is 1.26 bits per heavy atom. The van der Waals surface area contributed by atoms with Gasteiger partial charge in [0.1, 0.15) is 17.3 Å². The van der Waals surface area contributed by atoms with E-state index in [9.17, 15) is 22.8 Å². The Bertz CT molecular complexity index is 1560. The van der Waals surface area contributed by atoms with Gasteiger partial charge >= 0.3 is 0 Å². The molecule has 2 amide bonds. The Hall–Kier alpha value is -4.52. The molecule has 42 heavy (non-hydrogen) atoms.